The van der Waals surface area contributed by atoms with Gasteiger partial charge in [-0.2, -0.15) is 13.2 Å². The van der Waals surface area contributed by atoms with Crippen LogP contribution in [0.5, 0.6) is 0 Å². The number of carbonyl (C=O) groups excluding carboxylic acids is 1. The minimum Gasteiger partial charge on any atom is -0.267 e. The van der Waals surface area contributed by atoms with E-state index >= 15 is 0 Å². The monoisotopic (exact) mass is 251 g/mol. The molecule has 0 fully saturated rings. The predicted molar refractivity (Wildman–Crippen MR) is 50.6 cm³/mol. The molecule has 0 bridgehead atoms. The second kappa shape index (κ2) is 5.13. The van der Waals surface area contributed by atoms with Crippen LogP contribution in [0.25, 0.3) is 0 Å². The summed E-state index contributed by atoms with van der Waals surface area (Å²) in [6, 6.07) is 3.42. The van der Waals surface area contributed by atoms with Gasteiger partial charge in [0.25, 0.3) is 5.91 Å². The van der Waals surface area contributed by atoms with Crippen molar-refractivity contribution in [2.45, 2.75) is 13.1 Å². The fourth-order valence-electron chi connectivity index (χ4n) is 1.11. The van der Waals surface area contributed by atoms with E-state index < -0.39 is 24.5 Å². The van der Waals surface area contributed by atoms with Crippen molar-refractivity contribution < 1.29 is 27.2 Å². The zero-order valence-electron chi connectivity index (χ0n) is 8.77. The minimum absolute atomic E-state index is 0.107. The first-order valence-electron chi connectivity index (χ1n) is 4.54. The van der Waals surface area contributed by atoms with Crippen LogP contribution in [0.4, 0.5) is 17.6 Å². The highest BCUT2D eigenvalue weighted by atomic mass is 19.4. The number of carbonyl (C=O) groups is 1. The topological polar surface area (TPSA) is 38.3 Å². The molecule has 0 heterocycles. The lowest BCUT2D eigenvalue weighted by Crippen LogP contribution is -2.29. The lowest BCUT2D eigenvalue weighted by atomic mass is 10.1. The predicted octanol–water partition coefficient (Wildman–Crippen LogP) is 2.36. The van der Waals surface area contributed by atoms with Gasteiger partial charge >= 0.3 is 6.18 Å². The summed E-state index contributed by atoms with van der Waals surface area (Å²) in [5.41, 5.74) is 1.96. The van der Waals surface area contributed by atoms with Crippen molar-refractivity contribution in [3.8, 4) is 0 Å². The van der Waals surface area contributed by atoms with Crippen LogP contribution in [-0.2, 0) is 4.84 Å². The van der Waals surface area contributed by atoms with Crippen molar-refractivity contribution in [3.05, 3.63) is 35.1 Å². The normalized spacial score (nSPS) is 11.4. The Morgan fingerprint density at radius 2 is 2.00 bits per heavy atom. The molecule has 94 valence electrons. The van der Waals surface area contributed by atoms with Gasteiger partial charge in [0.05, 0.1) is 0 Å². The smallest absolute Gasteiger partial charge is 0.267 e. The summed E-state index contributed by atoms with van der Waals surface area (Å²) < 4.78 is 48.0. The van der Waals surface area contributed by atoms with E-state index in [1.807, 2.05) is 0 Å². The third-order valence-electron chi connectivity index (χ3n) is 1.71. The molecule has 1 rings (SSSR count). The Bertz CT molecular complexity index is 397. The van der Waals surface area contributed by atoms with E-state index in [4.69, 9.17) is 0 Å². The van der Waals surface area contributed by atoms with Gasteiger partial charge in [0.2, 0.25) is 0 Å². The first-order chi connectivity index (χ1) is 7.78. The molecule has 0 aliphatic heterocycles. The van der Waals surface area contributed by atoms with Crippen LogP contribution in [0.1, 0.15) is 15.9 Å². The molecule has 0 spiro atoms. The second-order valence-corrected chi connectivity index (χ2v) is 3.35. The van der Waals surface area contributed by atoms with Gasteiger partial charge in [0.1, 0.15) is 5.82 Å². The molecule has 0 aliphatic rings. The van der Waals surface area contributed by atoms with E-state index in [0.29, 0.717) is 5.56 Å². The van der Waals surface area contributed by atoms with Crippen LogP contribution in [-0.4, -0.2) is 18.7 Å². The van der Waals surface area contributed by atoms with E-state index in [2.05, 4.69) is 4.84 Å². The average Bonchev–Trinajstić information content (AvgIpc) is 2.13. The summed E-state index contributed by atoms with van der Waals surface area (Å²) in [5, 5.41) is 0. The second-order valence-electron chi connectivity index (χ2n) is 3.35. The number of rotatable bonds is 3. The Labute approximate surface area is 94.3 Å². The number of halogens is 4. The summed E-state index contributed by atoms with van der Waals surface area (Å²) in [7, 11) is 0. The van der Waals surface area contributed by atoms with Crippen LogP contribution in [0.3, 0.4) is 0 Å². The molecule has 0 unspecified atom stereocenters. The highest BCUT2D eigenvalue weighted by Gasteiger charge is 2.28. The number of amides is 1. The molecule has 1 amide bonds. The fourth-order valence-corrected chi connectivity index (χ4v) is 1.11. The fraction of sp³-hybridized carbons (Fsp3) is 0.300. The SMILES string of the molecule is Cc1cc(F)cc(C(=O)NOCC(F)(F)F)c1. The Morgan fingerprint density at radius 1 is 1.35 bits per heavy atom. The number of nitrogens with one attached hydrogen (secondary N) is 1. The van der Waals surface area contributed by atoms with Gasteiger partial charge in [-0.05, 0) is 30.7 Å². The summed E-state index contributed by atoms with van der Waals surface area (Å²) in [4.78, 5) is 15.2. The molecule has 0 aromatic heterocycles. The highest BCUT2D eigenvalue weighted by molar-refractivity contribution is 5.93. The van der Waals surface area contributed by atoms with Crippen molar-refractivity contribution >= 4 is 5.91 Å². The summed E-state index contributed by atoms with van der Waals surface area (Å²) in [6.45, 7) is -0.0521. The van der Waals surface area contributed by atoms with Crippen molar-refractivity contribution in [2.75, 3.05) is 6.61 Å². The molecule has 1 N–H and O–H groups in total. The summed E-state index contributed by atoms with van der Waals surface area (Å²) >= 11 is 0. The maximum absolute atomic E-state index is 12.9. The number of alkyl halides is 3. The Balaban J connectivity index is 2.58. The first-order valence-corrected chi connectivity index (χ1v) is 4.54. The molecule has 1 aromatic carbocycles. The number of hydroxylamine groups is 1. The molecule has 0 aliphatic carbocycles. The van der Waals surface area contributed by atoms with Gasteiger partial charge in [-0.25, -0.2) is 9.87 Å². The Hall–Kier alpha value is -1.63. The van der Waals surface area contributed by atoms with Crippen LogP contribution < -0.4 is 5.48 Å². The standard InChI is InChI=1S/C10H9F4NO2/c1-6-2-7(4-8(11)3-6)9(16)15-17-5-10(12,13)14/h2-4H,5H2,1H3,(H,15,16). The van der Waals surface area contributed by atoms with Crippen molar-refractivity contribution in [1.82, 2.24) is 5.48 Å². The Morgan fingerprint density at radius 3 is 2.53 bits per heavy atom. The quantitative estimate of drug-likeness (QED) is 0.661. The molecule has 3 nitrogen and oxygen atoms in total. The number of hydrogen-bond acceptors (Lipinski definition) is 2. The van der Waals surface area contributed by atoms with E-state index in [-0.39, 0.29) is 5.56 Å². The van der Waals surface area contributed by atoms with Gasteiger partial charge in [0.15, 0.2) is 6.61 Å². The van der Waals surface area contributed by atoms with Crippen molar-refractivity contribution in [1.29, 1.82) is 0 Å². The van der Waals surface area contributed by atoms with Gasteiger partial charge in [-0.15, -0.1) is 0 Å². The average molecular weight is 251 g/mol. The molecule has 17 heavy (non-hydrogen) atoms. The molecule has 7 heteroatoms. The number of benzene rings is 1. The number of hydrogen-bond donors (Lipinski definition) is 1. The van der Waals surface area contributed by atoms with E-state index in [9.17, 15) is 22.4 Å². The maximum Gasteiger partial charge on any atom is 0.414 e. The Kier molecular flexibility index (Phi) is 4.06. The van der Waals surface area contributed by atoms with Crippen molar-refractivity contribution in [3.63, 3.8) is 0 Å². The van der Waals surface area contributed by atoms with Crippen LogP contribution >= 0.6 is 0 Å². The van der Waals surface area contributed by atoms with Gasteiger partial charge in [-0.1, -0.05) is 0 Å². The summed E-state index contributed by atoms with van der Waals surface area (Å²) in [5.74, 6) is -1.58. The molecule has 0 atom stereocenters. The third-order valence-corrected chi connectivity index (χ3v) is 1.71. The lowest BCUT2D eigenvalue weighted by molar-refractivity contribution is -0.184. The zero-order chi connectivity index (χ0) is 13.1. The molecule has 1 aromatic rings. The summed E-state index contributed by atoms with van der Waals surface area (Å²) in [6.07, 6.45) is -4.54. The van der Waals surface area contributed by atoms with Gasteiger partial charge < -0.3 is 0 Å². The molecule has 0 radical (unpaired) electrons. The zero-order valence-corrected chi connectivity index (χ0v) is 8.77. The van der Waals surface area contributed by atoms with E-state index in [1.165, 1.54) is 12.1 Å². The third kappa shape index (κ3) is 4.81. The van der Waals surface area contributed by atoms with Gasteiger partial charge in [-0.3, -0.25) is 9.63 Å². The van der Waals surface area contributed by atoms with Crippen LogP contribution in [0.15, 0.2) is 18.2 Å². The highest BCUT2D eigenvalue weighted by Crippen LogP contribution is 2.14. The molecular formula is C10H9F4NO2. The van der Waals surface area contributed by atoms with E-state index in [1.54, 1.807) is 12.4 Å². The molecule has 0 saturated carbocycles. The number of aryl methyl sites for hydroxylation is 1. The largest absolute Gasteiger partial charge is 0.414 e. The lowest BCUT2D eigenvalue weighted by Gasteiger charge is -2.08. The maximum atomic E-state index is 12.9. The minimum atomic E-state index is -4.54. The van der Waals surface area contributed by atoms with Crippen LogP contribution in [0, 0.1) is 12.7 Å². The first kappa shape index (κ1) is 13.4. The van der Waals surface area contributed by atoms with Crippen LogP contribution in [0.2, 0.25) is 0 Å². The van der Waals surface area contributed by atoms with Crippen molar-refractivity contribution in [2.24, 2.45) is 0 Å². The van der Waals surface area contributed by atoms with Gasteiger partial charge in [0, 0.05) is 5.56 Å². The van der Waals surface area contributed by atoms with E-state index in [0.717, 1.165) is 6.07 Å². The molecular weight excluding hydrogens is 242 g/mol. The molecule has 0 saturated heterocycles.